The second-order valence-electron chi connectivity index (χ2n) is 6.33. The van der Waals surface area contributed by atoms with Crippen LogP contribution in [0.4, 0.5) is 4.39 Å². The Labute approximate surface area is 177 Å². The van der Waals surface area contributed by atoms with Gasteiger partial charge in [-0.05, 0) is 29.8 Å². The maximum atomic E-state index is 14.0. The minimum Gasteiger partial charge on any atom is -0.480 e. The molecule has 0 saturated heterocycles. The normalized spacial score (nSPS) is 11.9. The zero-order valence-corrected chi connectivity index (χ0v) is 16.8. The predicted molar refractivity (Wildman–Crippen MR) is 109 cm³/mol. The number of nitrogens with two attached hydrogens (primary N) is 1. The van der Waals surface area contributed by atoms with E-state index in [0.717, 1.165) is 6.08 Å². The van der Waals surface area contributed by atoms with Crippen molar-refractivity contribution in [2.24, 2.45) is 5.73 Å². The number of hydrogen-bond donors (Lipinski definition) is 2. The van der Waals surface area contributed by atoms with Crippen LogP contribution in [0, 0.1) is 5.82 Å². The van der Waals surface area contributed by atoms with Crippen molar-refractivity contribution in [3.05, 3.63) is 76.1 Å². The lowest BCUT2D eigenvalue weighted by molar-refractivity contribution is -0.139. The van der Waals surface area contributed by atoms with E-state index < -0.39 is 29.7 Å². The van der Waals surface area contributed by atoms with Gasteiger partial charge in [-0.15, -0.1) is 0 Å². The molecule has 0 aromatic heterocycles. The van der Waals surface area contributed by atoms with Gasteiger partial charge >= 0.3 is 11.9 Å². The van der Waals surface area contributed by atoms with E-state index in [2.05, 4.69) is 4.74 Å². The molecule has 0 aliphatic rings. The molecule has 3 N–H and O–H groups in total. The van der Waals surface area contributed by atoms with Gasteiger partial charge in [0.05, 0.1) is 17.7 Å². The first-order valence-corrected chi connectivity index (χ1v) is 9.17. The van der Waals surface area contributed by atoms with Crippen molar-refractivity contribution in [3.63, 3.8) is 0 Å². The van der Waals surface area contributed by atoms with Crippen LogP contribution in [0.1, 0.15) is 21.5 Å². The highest BCUT2D eigenvalue weighted by atomic mass is 35.5. The minimum absolute atomic E-state index is 0.0314. The molecular weight excluding hydrogens is 415 g/mol. The van der Waals surface area contributed by atoms with Gasteiger partial charge in [-0.3, -0.25) is 9.59 Å². The number of carboxylic acids is 1. The molecule has 0 aliphatic heterocycles. The Bertz CT molecular complexity index is 962. The fourth-order valence-electron chi connectivity index (χ4n) is 2.55. The van der Waals surface area contributed by atoms with Gasteiger partial charge in [-0.25, -0.2) is 9.18 Å². The van der Waals surface area contributed by atoms with Crippen LogP contribution in [0.5, 0.6) is 0 Å². The molecule has 0 radical (unpaired) electrons. The van der Waals surface area contributed by atoms with Crippen LogP contribution in [0.3, 0.4) is 0 Å². The first-order valence-electron chi connectivity index (χ1n) is 8.79. The summed E-state index contributed by atoms with van der Waals surface area (Å²) in [5.41, 5.74) is 6.66. The lowest BCUT2D eigenvalue weighted by Gasteiger charge is -2.23. The van der Waals surface area contributed by atoms with Gasteiger partial charge in [0.2, 0.25) is 5.91 Å². The van der Waals surface area contributed by atoms with Crippen molar-refractivity contribution < 1.29 is 28.6 Å². The van der Waals surface area contributed by atoms with E-state index in [1.54, 1.807) is 12.1 Å². The van der Waals surface area contributed by atoms with Crippen LogP contribution in [0.25, 0.3) is 6.08 Å². The lowest BCUT2D eigenvalue weighted by Crippen LogP contribution is -2.44. The van der Waals surface area contributed by atoms with Crippen molar-refractivity contribution in [1.82, 2.24) is 4.90 Å². The van der Waals surface area contributed by atoms with Gasteiger partial charge in [0.1, 0.15) is 11.9 Å². The fourth-order valence-corrected chi connectivity index (χ4v) is 2.73. The smallest absolute Gasteiger partial charge is 0.337 e. The molecule has 0 aliphatic carbocycles. The highest BCUT2D eigenvalue weighted by molar-refractivity contribution is 6.30. The highest BCUT2D eigenvalue weighted by Gasteiger charge is 2.20. The highest BCUT2D eigenvalue weighted by Crippen LogP contribution is 2.19. The summed E-state index contributed by atoms with van der Waals surface area (Å²) in [6.45, 7) is -0.237. The van der Waals surface area contributed by atoms with E-state index in [1.165, 1.54) is 48.4 Å². The molecule has 158 valence electrons. The maximum absolute atomic E-state index is 14.0. The second kappa shape index (κ2) is 10.5. The van der Waals surface area contributed by atoms with Gasteiger partial charge in [0.15, 0.2) is 0 Å². The van der Waals surface area contributed by atoms with E-state index in [-0.39, 0.29) is 23.7 Å². The monoisotopic (exact) mass is 434 g/mol. The third kappa shape index (κ3) is 6.13. The average Bonchev–Trinajstić information content (AvgIpc) is 2.73. The number of amides is 1. The molecule has 1 atom stereocenters. The van der Waals surface area contributed by atoms with Crippen molar-refractivity contribution in [2.45, 2.75) is 12.6 Å². The number of esters is 1. The quantitative estimate of drug-likeness (QED) is 0.488. The summed E-state index contributed by atoms with van der Waals surface area (Å²) in [4.78, 5) is 36.5. The number of ether oxygens (including phenoxy) is 1. The number of benzene rings is 2. The Morgan fingerprint density at radius 1 is 1.23 bits per heavy atom. The summed E-state index contributed by atoms with van der Waals surface area (Å²) in [7, 11) is 1.26. The molecule has 9 heteroatoms. The first kappa shape index (κ1) is 23.1. The summed E-state index contributed by atoms with van der Waals surface area (Å²) < 4.78 is 18.6. The summed E-state index contributed by atoms with van der Waals surface area (Å²) in [5, 5.41) is 9.00. The number of hydrogen-bond acceptors (Lipinski definition) is 5. The van der Waals surface area contributed by atoms with Crippen molar-refractivity contribution in [3.8, 4) is 0 Å². The lowest BCUT2D eigenvalue weighted by atomic mass is 10.1. The fraction of sp³-hybridized carbons (Fsp3) is 0.190. The van der Waals surface area contributed by atoms with Crippen LogP contribution < -0.4 is 5.73 Å². The zero-order chi connectivity index (χ0) is 22.3. The number of aliphatic carboxylic acids is 1. The third-order valence-corrected chi connectivity index (χ3v) is 4.47. The van der Waals surface area contributed by atoms with Gasteiger partial charge < -0.3 is 20.5 Å². The van der Waals surface area contributed by atoms with E-state index in [9.17, 15) is 18.8 Å². The van der Waals surface area contributed by atoms with Crippen LogP contribution >= 0.6 is 11.6 Å². The summed E-state index contributed by atoms with van der Waals surface area (Å²) in [6.07, 6.45) is 2.37. The molecule has 2 rings (SSSR count). The van der Waals surface area contributed by atoms with Gasteiger partial charge in [0.25, 0.3) is 0 Å². The molecule has 30 heavy (non-hydrogen) atoms. The molecular formula is C21H20ClFN2O5. The van der Waals surface area contributed by atoms with Crippen molar-refractivity contribution in [2.75, 3.05) is 13.7 Å². The molecule has 2 aromatic rings. The number of rotatable bonds is 8. The zero-order valence-electron chi connectivity index (χ0n) is 16.0. The first-order chi connectivity index (χ1) is 14.2. The average molecular weight is 435 g/mol. The van der Waals surface area contributed by atoms with Crippen LogP contribution in [-0.2, 0) is 20.9 Å². The number of nitrogens with zero attached hydrogens (tertiary/aromatic N) is 1. The van der Waals surface area contributed by atoms with Gasteiger partial charge in [0, 0.05) is 24.7 Å². The van der Waals surface area contributed by atoms with Crippen LogP contribution in [0.15, 0.2) is 48.5 Å². The van der Waals surface area contributed by atoms with E-state index >= 15 is 0 Å². The van der Waals surface area contributed by atoms with E-state index in [0.29, 0.717) is 11.1 Å². The molecule has 0 saturated carbocycles. The summed E-state index contributed by atoms with van der Waals surface area (Å²) in [6, 6.07) is 9.33. The predicted octanol–water partition coefficient (Wildman–Crippen LogP) is 2.72. The standard InChI is InChI=1S/C21H20ClFN2O5/c1-30-21(29)15-7-5-13(6-8-15)11-25(12-17(24)20(27)28)18(26)10-9-14-3-2-4-16(22)19(14)23/h2-10,17H,11-12,24H2,1H3,(H,27,28)/b10-9+/t17-/m0/s1. The Balaban J connectivity index is 2.22. The number of halogens is 2. The van der Waals surface area contributed by atoms with Crippen LogP contribution in [0.2, 0.25) is 5.02 Å². The molecule has 0 unspecified atom stereocenters. The van der Waals surface area contributed by atoms with Crippen molar-refractivity contribution in [1.29, 1.82) is 0 Å². The summed E-state index contributed by atoms with van der Waals surface area (Å²) in [5.74, 6) is -3.01. The Morgan fingerprint density at radius 3 is 2.50 bits per heavy atom. The Hall–Kier alpha value is -3.23. The SMILES string of the molecule is COC(=O)c1ccc(CN(C[C@H](N)C(=O)O)C(=O)/C=C/c2cccc(Cl)c2F)cc1. The maximum Gasteiger partial charge on any atom is 0.337 e. The van der Waals surface area contributed by atoms with Crippen LogP contribution in [-0.4, -0.2) is 47.5 Å². The number of carbonyl (C=O) groups is 3. The van der Waals surface area contributed by atoms with Crippen molar-refractivity contribution >= 4 is 35.5 Å². The topological polar surface area (TPSA) is 110 Å². The second-order valence-corrected chi connectivity index (χ2v) is 6.74. The summed E-state index contributed by atoms with van der Waals surface area (Å²) >= 11 is 5.73. The molecule has 0 bridgehead atoms. The molecule has 0 heterocycles. The Morgan fingerprint density at radius 2 is 1.90 bits per heavy atom. The number of methoxy groups -OCH3 is 1. The molecule has 0 spiro atoms. The molecule has 0 fully saturated rings. The van der Waals surface area contributed by atoms with Gasteiger partial charge in [-0.1, -0.05) is 35.9 Å². The molecule has 2 aromatic carbocycles. The Kier molecular flexibility index (Phi) is 8.08. The third-order valence-electron chi connectivity index (χ3n) is 4.18. The van der Waals surface area contributed by atoms with E-state index in [4.69, 9.17) is 22.4 Å². The molecule has 7 nitrogen and oxygen atoms in total. The number of carbonyl (C=O) groups excluding carboxylic acids is 2. The minimum atomic E-state index is -1.31. The molecule has 1 amide bonds. The van der Waals surface area contributed by atoms with Gasteiger partial charge in [-0.2, -0.15) is 0 Å². The largest absolute Gasteiger partial charge is 0.480 e. The number of carboxylic acid groups (broad SMARTS) is 1. The van der Waals surface area contributed by atoms with E-state index in [1.807, 2.05) is 0 Å².